The number of H-pyrrole nitrogens is 3. The smallest absolute Gasteiger partial charge is 0.303 e. The van der Waals surface area contributed by atoms with Crippen LogP contribution in [0.15, 0.2) is 97.7 Å². The van der Waals surface area contributed by atoms with Gasteiger partial charge in [0.1, 0.15) is 90.3 Å². The molecule has 9 rings (SSSR count). The Labute approximate surface area is 772 Å². The van der Waals surface area contributed by atoms with Gasteiger partial charge in [0.25, 0.3) is 0 Å². The molecule has 3 fully saturated rings. The lowest BCUT2D eigenvalue weighted by Gasteiger charge is -2.36. The average molecular weight is 1870 g/mol. The molecule has 15 atom stereocenters. The third-order valence-corrected chi connectivity index (χ3v) is 25.1. The van der Waals surface area contributed by atoms with Crippen LogP contribution < -0.4 is 76.1 Å². The molecule has 43 nitrogen and oxygen atoms in total. The van der Waals surface area contributed by atoms with E-state index in [2.05, 4.69) is 73.1 Å². The van der Waals surface area contributed by atoms with Crippen LogP contribution in [0.4, 0.5) is 0 Å². The molecule has 0 saturated carbocycles. The Morgan fingerprint density at radius 3 is 1.60 bits per heavy atom. The van der Waals surface area contributed by atoms with Crippen molar-refractivity contribution in [1.82, 2.24) is 97.6 Å². The lowest BCUT2D eigenvalue weighted by molar-refractivity contribution is -0.149. The van der Waals surface area contributed by atoms with Crippen LogP contribution in [-0.4, -0.2) is 323 Å². The number of unbranched alkanes of at least 4 members (excludes halogenated alkanes) is 2. The molecular formula is C89H125N23O20S. The van der Waals surface area contributed by atoms with E-state index in [0.29, 0.717) is 64.2 Å². The van der Waals surface area contributed by atoms with Crippen molar-refractivity contribution in [2.45, 2.75) is 227 Å². The first-order chi connectivity index (χ1) is 63.6. The van der Waals surface area contributed by atoms with Crippen LogP contribution >= 0.6 is 11.8 Å². The van der Waals surface area contributed by atoms with Crippen LogP contribution in [0.1, 0.15) is 133 Å². The van der Waals surface area contributed by atoms with Gasteiger partial charge in [-0.15, -0.1) is 11.8 Å². The predicted octanol–water partition coefficient (Wildman–Crippen LogP) is -3.19. The lowest BCUT2D eigenvalue weighted by Crippen LogP contribution is -2.61. The zero-order valence-electron chi connectivity index (χ0n) is 75.5. The number of nitrogens with zero attached hydrogens (tertiary/aromatic N) is 6. The second-order valence-electron chi connectivity index (χ2n) is 33.7. The number of phenolic OH excluding ortho intramolecular Hbond substituents is 1. The SMILES string of the molecule is CCCC[C@H]1C(=O)N(C)[C@@H](CCCC)C(=O)N[C@@H](CCN)C(=O)N[C@H](C(=O)NCC(N)=O)CSCC(=O)N[C@@H](Cc2ccc(O)cc2)C(=O)N(C)[C@@H](C)C(=O)N[C@@H](CCN)C(=O)N2CCC[C@H]2C(=O)N[C@@H](Cc2c[nH]cn2)C(=O)N[C@@H](CCC(=O)O)C(=O)N2C[C@H](O)C[C@H]2C(=O)N[C@@H](Cc2c[nH]c3ccccc23)C(=O)N[C@@H](CCN)C(=O)N[C@@H](Cc2c[nH]c3ccccc23)C(=O)N1C. The minimum absolute atomic E-state index is 0.0108. The number of imidazole rings is 1. The second kappa shape index (κ2) is 50.0. The number of aliphatic carboxylic acids is 1. The standard InChI is InChI=1S/C89H125N23O20S/c1-7-9-20-69-82(125)101-61(30-33-91)79(122)107-68(77(120)97-44-73(93)115)46-133-47-74(116)99-66(36-50-23-25-54(113)26-24-50)85(128)108(4)49(3)76(119)102-63(31-34-92)87(130)111-35-15-22-70(111)83(126)105-65(39-53-43-94-48-98-53)81(124)103-62(27-28-75(117)118)88(131)112-45-55(114)40-72(112)84(127)104-64(37-51-41-95-58-18-13-11-16-56(51)58)80(123)100-60(29-32-90)78(121)106-67(38-52-42-96-59-19-14-12-17-57(52)59)86(129)110(6)71(21-10-8-2)89(132)109(69)5/h11-14,16-19,23-26,41-43,48-49,55,60-72,95-96,113-114H,7-10,15,20-22,27-40,44-47,90-92H2,1-6H3,(H2,93,115)(H,94,98)(H,97,120)(H,99,116)(H,100,123)(H,101,125)(H,102,119)(H,103,124)(H,104,127)(H,105,126)(H,106,121)(H,107,122)(H,117,118)/t49-,55+,60-,61-,62-,63-,64-,65-,66-,67-,68-,69-,70-,71-,72-/m0/s1. The van der Waals surface area contributed by atoms with Crippen molar-refractivity contribution in [3.63, 3.8) is 0 Å². The topological polar surface area (TPSA) is 652 Å². The van der Waals surface area contributed by atoms with Gasteiger partial charge in [0, 0.05) is 119 Å². The number of thioether (sulfide) groups is 1. The predicted molar refractivity (Wildman–Crippen MR) is 488 cm³/mol. The molecule has 0 bridgehead atoms. The Morgan fingerprint density at radius 1 is 0.519 bits per heavy atom. The lowest BCUT2D eigenvalue weighted by atomic mass is 9.99. The monoisotopic (exact) mass is 1870 g/mol. The molecule has 0 spiro atoms. The molecule has 16 amide bonds. The summed E-state index contributed by atoms with van der Waals surface area (Å²) in [5.41, 5.74) is 26.8. The number of carboxylic acids is 1. The third-order valence-electron chi connectivity index (χ3n) is 24.0. The second-order valence-corrected chi connectivity index (χ2v) is 34.7. The first kappa shape index (κ1) is 104. The molecule has 3 aliphatic rings. The highest BCUT2D eigenvalue weighted by Gasteiger charge is 2.47. The fourth-order valence-corrected chi connectivity index (χ4v) is 17.4. The van der Waals surface area contributed by atoms with Crippen molar-refractivity contribution >= 4 is 134 Å². The van der Waals surface area contributed by atoms with Crippen molar-refractivity contribution in [1.29, 1.82) is 0 Å². The Bertz CT molecular complexity index is 5090. The van der Waals surface area contributed by atoms with E-state index in [1.807, 2.05) is 13.8 Å². The summed E-state index contributed by atoms with van der Waals surface area (Å²) in [4.78, 5) is 268. The van der Waals surface area contributed by atoms with Crippen LogP contribution in [-0.2, 0) is 107 Å². The number of aliphatic hydroxyl groups is 1. The van der Waals surface area contributed by atoms with Crippen molar-refractivity contribution in [2.24, 2.45) is 22.9 Å². The van der Waals surface area contributed by atoms with Gasteiger partial charge in [-0.3, -0.25) is 81.5 Å². The summed E-state index contributed by atoms with van der Waals surface area (Å²) in [6, 6.07) is -1.51. The molecule has 722 valence electrons. The summed E-state index contributed by atoms with van der Waals surface area (Å²) in [7, 11) is 3.99. The summed E-state index contributed by atoms with van der Waals surface area (Å²) < 4.78 is 0. The number of hydrogen-bond donors (Lipinski definition) is 20. The van der Waals surface area contributed by atoms with E-state index >= 15 is 38.4 Å². The first-order valence-corrected chi connectivity index (χ1v) is 45.9. The number of fused-ring (bicyclic) bond motifs is 4. The number of likely N-dealkylation sites (N-methyl/N-ethyl adjacent to an activating group) is 3. The molecule has 44 heteroatoms. The molecule has 133 heavy (non-hydrogen) atoms. The molecule has 6 heterocycles. The molecule has 6 aromatic rings. The number of carboxylic acid groups (broad SMARTS) is 1. The van der Waals surface area contributed by atoms with Crippen molar-refractivity contribution in [3.8, 4) is 5.75 Å². The summed E-state index contributed by atoms with van der Waals surface area (Å²) >= 11 is 0.789. The number of carbonyl (C=O) groups is 17. The highest BCUT2D eigenvalue weighted by atomic mass is 32.2. The van der Waals surface area contributed by atoms with Gasteiger partial charge in [0.2, 0.25) is 94.5 Å². The number of rotatable bonds is 26. The number of carbonyl (C=O) groups excluding carboxylic acids is 16. The van der Waals surface area contributed by atoms with Crippen LogP contribution in [0.2, 0.25) is 0 Å². The highest BCUT2D eigenvalue weighted by molar-refractivity contribution is 8.00. The molecule has 3 aromatic heterocycles. The summed E-state index contributed by atoms with van der Waals surface area (Å²) in [5.74, 6) is -17.0. The van der Waals surface area contributed by atoms with Crippen molar-refractivity contribution < 1.29 is 96.8 Å². The zero-order valence-corrected chi connectivity index (χ0v) is 76.3. The number of amides is 16. The number of nitrogens with one attached hydrogen (secondary N) is 13. The minimum atomic E-state index is -1.81. The van der Waals surface area contributed by atoms with Crippen molar-refractivity contribution in [2.75, 3.05) is 71.9 Å². The van der Waals surface area contributed by atoms with Gasteiger partial charge in [-0.1, -0.05) is 88.1 Å². The number of aliphatic hydroxyl groups excluding tert-OH is 1. The van der Waals surface area contributed by atoms with Gasteiger partial charge in [-0.25, -0.2) is 4.98 Å². The fraction of sp³-hybridized carbons (Fsp3) is 0.528. The van der Waals surface area contributed by atoms with Crippen LogP contribution in [0.5, 0.6) is 5.75 Å². The quantitative estimate of drug-likeness (QED) is 0.0254. The van der Waals surface area contributed by atoms with E-state index < -0.39 is 235 Å². The number of phenols is 1. The molecule has 3 aromatic carbocycles. The molecule has 3 saturated heterocycles. The van der Waals surface area contributed by atoms with Crippen LogP contribution in [0.25, 0.3) is 21.8 Å². The van der Waals surface area contributed by atoms with E-state index in [-0.39, 0.29) is 108 Å². The van der Waals surface area contributed by atoms with Gasteiger partial charge < -0.3 is 131 Å². The van der Waals surface area contributed by atoms with Gasteiger partial charge in [-0.05, 0) is 119 Å². The van der Waals surface area contributed by atoms with E-state index in [1.165, 1.54) is 74.7 Å². The van der Waals surface area contributed by atoms with Gasteiger partial charge >= 0.3 is 5.97 Å². The number of para-hydroxylation sites is 2. The maximum absolute atomic E-state index is 15.8. The number of nitrogens with two attached hydrogens (primary N) is 4. The number of primary amides is 1. The first-order valence-electron chi connectivity index (χ1n) is 44.7. The minimum Gasteiger partial charge on any atom is -0.508 e. The number of aromatic amines is 3. The fourth-order valence-electron chi connectivity index (χ4n) is 16.5. The number of benzene rings is 3. The molecule has 0 aliphatic carbocycles. The molecule has 3 aliphatic heterocycles. The summed E-state index contributed by atoms with van der Waals surface area (Å²) in [5, 5.41) is 59.7. The Morgan fingerprint density at radius 2 is 1.02 bits per heavy atom. The molecular weight excluding hydrogens is 1740 g/mol. The van der Waals surface area contributed by atoms with E-state index in [0.717, 1.165) is 26.5 Å². The summed E-state index contributed by atoms with van der Waals surface area (Å²) in [6.45, 7) is 3.06. The maximum Gasteiger partial charge on any atom is 0.303 e. The van der Waals surface area contributed by atoms with Gasteiger partial charge in [0.05, 0.1) is 30.4 Å². The Hall–Kier alpha value is -13.1. The Balaban J connectivity index is 1.09. The maximum atomic E-state index is 15.8. The number of hydrogen-bond acceptors (Lipinski definition) is 24. The molecule has 0 radical (unpaired) electrons. The largest absolute Gasteiger partial charge is 0.508 e. The van der Waals surface area contributed by atoms with E-state index in [1.54, 1.807) is 60.9 Å². The van der Waals surface area contributed by atoms with E-state index in [9.17, 15) is 58.5 Å². The normalized spacial score (nSPS) is 25.0. The molecule has 24 N–H and O–H groups in total. The van der Waals surface area contributed by atoms with Crippen LogP contribution in [0.3, 0.4) is 0 Å². The number of aromatic hydroxyl groups is 1. The van der Waals surface area contributed by atoms with Crippen LogP contribution in [0, 0.1) is 0 Å². The van der Waals surface area contributed by atoms with Gasteiger partial charge in [0.15, 0.2) is 0 Å². The zero-order chi connectivity index (χ0) is 96.9. The molecule has 0 unspecified atom stereocenters. The summed E-state index contributed by atoms with van der Waals surface area (Å²) in [6.07, 6.45) is 2.80. The third kappa shape index (κ3) is 28.5. The average Bonchev–Trinajstić information content (AvgIpc) is 1.67. The number of aromatic nitrogens is 4. The van der Waals surface area contributed by atoms with Crippen molar-refractivity contribution in [3.05, 3.63) is 120 Å². The Kier molecular flexibility index (Phi) is 38.9. The van der Waals surface area contributed by atoms with E-state index in [4.69, 9.17) is 22.9 Å². The highest BCUT2D eigenvalue weighted by Crippen LogP contribution is 2.28. The van der Waals surface area contributed by atoms with Gasteiger partial charge in [-0.2, -0.15) is 0 Å².